The van der Waals surface area contributed by atoms with Gasteiger partial charge in [0.25, 0.3) is 5.69 Å². The van der Waals surface area contributed by atoms with Crippen molar-refractivity contribution in [3.05, 3.63) is 78.9 Å². The highest BCUT2D eigenvalue weighted by atomic mass is 79.9. The summed E-state index contributed by atoms with van der Waals surface area (Å²) in [6.45, 7) is 8.27. The summed E-state index contributed by atoms with van der Waals surface area (Å²) in [5.41, 5.74) is 1.61. The first kappa shape index (κ1) is 23.5. The van der Waals surface area contributed by atoms with Crippen molar-refractivity contribution in [2.75, 3.05) is 13.2 Å². The predicted octanol–water partition coefficient (Wildman–Crippen LogP) is 5.71. The topological polar surface area (TPSA) is 100 Å². The number of non-ortho nitro benzene ring substituents is 1. The van der Waals surface area contributed by atoms with Gasteiger partial charge < -0.3 is 14.2 Å². The minimum absolute atomic E-state index is 0.0355. The fourth-order valence-electron chi connectivity index (χ4n) is 2.74. The molecule has 2 aromatic rings. The van der Waals surface area contributed by atoms with Crippen LogP contribution in [0.2, 0.25) is 5.02 Å². The van der Waals surface area contributed by atoms with Crippen LogP contribution in [-0.4, -0.2) is 30.0 Å². The number of rotatable bonds is 8. The molecule has 2 aromatic carbocycles. The van der Waals surface area contributed by atoms with Gasteiger partial charge in [0.15, 0.2) is 17.2 Å². The Kier molecular flexibility index (Phi) is 7.32. The van der Waals surface area contributed by atoms with Crippen molar-refractivity contribution < 1.29 is 23.9 Å². The average Bonchev–Trinajstić information content (AvgIpc) is 3.07. The molecule has 0 fully saturated rings. The second-order valence-corrected chi connectivity index (χ2v) is 8.03. The molecule has 0 saturated heterocycles. The molecule has 1 aliphatic heterocycles. The summed E-state index contributed by atoms with van der Waals surface area (Å²) in [6, 6.07) is 7.28. The first-order chi connectivity index (χ1) is 15.2. The van der Waals surface area contributed by atoms with E-state index in [9.17, 15) is 14.9 Å². The molecule has 0 bridgehead atoms. The predicted molar refractivity (Wildman–Crippen MR) is 124 cm³/mol. The lowest BCUT2D eigenvalue weighted by Crippen LogP contribution is -2.06. The summed E-state index contributed by atoms with van der Waals surface area (Å²) >= 11 is 9.59. The summed E-state index contributed by atoms with van der Waals surface area (Å²) in [7, 11) is 0. The van der Waals surface area contributed by atoms with Crippen LogP contribution in [0.3, 0.4) is 0 Å². The van der Waals surface area contributed by atoms with Crippen LogP contribution in [0.4, 0.5) is 5.69 Å². The van der Waals surface area contributed by atoms with E-state index >= 15 is 0 Å². The molecule has 10 heteroatoms. The molecule has 0 saturated carbocycles. The lowest BCUT2D eigenvalue weighted by Gasteiger charge is -2.14. The number of nitro groups is 1. The van der Waals surface area contributed by atoms with E-state index in [0.29, 0.717) is 34.7 Å². The number of ether oxygens (including phenoxy) is 3. The fraction of sp³-hybridized carbons (Fsp3) is 0.182. The molecule has 0 spiro atoms. The van der Waals surface area contributed by atoms with Gasteiger partial charge in [-0.15, -0.1) is 0 Å². The number of nitro benzene ring substituents is 1. The molecule has 1 aliphatic rings. The number of nitrogens with zero attached hydrogens (tertiary/aromatic N) is 2. The number of hydrogen-bond donors (Lipinski definition) is 0. The molecule has 0 radical (unpaired) electrons. The molecule has 0 aliphatic carbocycles. The summed E-state index contributed by atoms with van der Waals surface area (Å²) in [4.78, 5) is 26.9. The van der Waals surface area contributed by atoms with Gasteiger partial charge in [0.1, 0.15) is 6.61 Å². The zero-order valence-electron chi connectivity index (χ0n) is 17.2. The molecule has 32 heavy (non-hydrogen) atoms. The van der Waals surface area contributed by atoms with Crippen LogP contribution in [0.5, 0.6) is 11.5 Å². The Bertz CT molecular complexity index is 1180. The number of esters is 1. The monoisotopic (exact) mass is 520 g/mol. The Hall–Kier alpha value is -3.17. The molecule has 0 amide bonds. The van der Waals surface area contributed by atoms with Gasteiger partial charge in [0, 0.05) is 12.1 Å². The minimum Gasteiger partial charge on any atom is -0.490 e. The Labute approximate surface area is 197 Å². The number of carbonyl (C=O) groups excluding carboxylic acids is 1. The van der Waals surface area contributed by atoms with Crippen molar-refractivity contribution in [1.82, 2.24) is 0 Å². The van der Waals surface area contributed by atoms with Crippen LogP contribution in [0.1, 0.15) is 25.0 Å². The number of benzene rings is 2. The summed E-state index contributed by atoms with van der Waals surface area (Å²) < 4.78 is 17.3. The van der Waals surface area contributed by atoms with Crippen molar-refractivity contribution in [3.8, 4) is 11.5 Å². The molecule has 0 aromatic heterocycles. The van der Waals surface area contributed by atoms with Gasteiger partial charge in [-0.1, -0.05) is 18.2 Å². The summed E-state index contributed by atoms with van der Waals surface area (Å²) in [5, 5.41) is 10.9. The number of carbonyl (C=O) groups is 1. The van der Waals surface area contributed by atoms with Crippen molar-refractivity contribution in [2.45, 2.75) is 13.8 Å². The zero-order valence-corrected chi connectivity index (χ0v) is 19.5. The highest BCUT2D eigenvalue weighted by Gasteiger charge is 2.27. The van der Waals surface area contributed by atoms with Crippen molar-refractivity contribution >= 4 is 51.2 Å². The standard InChI is InChI=1S/C22H18BrClN2O6/c1-4-30-19-9-13(7-16(23)20(19)31-11-12(2)3)8-18-22(27)32-21(25-18)15-6-5-14(26(28)29)10-17(15)24/h5-10H,2,4,11H2,1,3H3/b18-8-. The lowest BCUT2D eigenvalue weighted by molar-refractivity contribution is -0.384. The number of cyclic esters (lactones) is 1. The maximum Gasteiger partial charge on any atom is 0.363 e. The van der Waals surface area contributed by atoms with Gasteiger partial charge in [0.2, 0.25) is 5.90 Å². The number of aliphatic imine (C=N–C) groups is 1. The molecule has 166 valence electrons. The Morgan fingerprint density at radius 2 is 2.09 bits per heavy atom. The van der Waals surface area contributed by atoms with Gasteiger partial charge >= 0.3 is 5.97 Å². The quantitative estimate of drug-likeness (QED) is 0.145. The third-order valence-electron chi connectivity index (χ3n) is 4.11. The lowest BCUT2D eigenvalue weighted by atomic mass is 10.1. The molecular weight excluding hydrogens is 504 g/mol. The maximum atomic E-state index is 12.4. The molecule has 8 nitrogen and oxygen atoms in total. The fourth-order valence-corrected chi connectivity index (χ4v) is 3.57. The third kappa shape index (κ3) is 5.35. The second kappa shape index (κ2) is 9.97. The van der Waals surface area contributed by atoms with Crippen molar-refractivity contribution in [1.29, 1.82) is 0 Å². The van der Waals surface area contributed by atoms with E-state index in [4.69, 9.17) is 25.8 Å². The highest BCUT2D eigenvalue weighted by Crippen LogP contribution is 2.38. The second-order valence-electron chi connectivity index (χ2n) is 6.77. The summed E-state index contributed by atoms with van der Waals surface area (Å²) in [5.74, 6) is 0.301. The van der Waals surface area contributed by atoms with Gasteiger partial charge in [-0.25, -0.2) is 9.79 Å². The van der Waals surface area contributed by atoms with E-state index in [-0.39, 0.29) is 27.9 Å². The van der Waals surface area contributed by atoms with Gasteiger partial charge in [0.05, 0.1) is 26.6 Å². The first-order valence-electron chi connectivity index (χ1n) is 9.40. The van der Waals surface area contributed by atoms with E-state index in [1.807, 2.05) is 13.8 Å². The third-order valence-corrected chi connectivity index (χ3v) is 5.01. The van der Waals surface area contributed by atoms with E-state index in [1.54, 1.807) is 12.1 Å². The van der Waals surface area contributed by atoms with Crippen LogP contribution >= 0.6 is 27.5 Å². The zero-order chi connectivity index (χ0) is 23.4. The first-order valence-corrected chi connectivity index (χ1v) is 10.6. The maximum absolute atomic E-state index is 12.4. The number of hydrogen-bond acceptors (Lipinski definition) is 7. The van der Waals surface area contributed by atoms with Gasteiger partial charge in [-0.2, -0.15) is 0 Å². The Morgan fingerprint density at radius 3 is 2.72 bits per heavy atom. The van der Waals surface area contributed by atoms with E-state index in [1.165, 1.54) is 24.3 Å². The molecule has 0 atom stereocenters. The SMILES string of the molecule is C=C(C)COc1c(Br)cc(/C=C2\N=C(c3ccc([N+](=O)[O-])cc3Cl)OC2=O)cc1OCC. The smallest absolute Gasteiger partial charge is 0.363 e. The minimum atomic E-state index is -0.675. The van der Waals surface area contributed by atoms with Gasteiger partial charge in [-0.05, 0) is 65.2 Å². The van der Waals surface area contributed by atoms with E-state index < -0.39 is 10.9 Å². The van der Waals surface area contributed by atoms with E-state index in [0.717, 1.165) is 5.57 Å². The Morgan fingerprint density at radius 1 is 1.34 bits per heavy atom. The van der Waals surface area contributed by atoms with Crippen LogP contribution in [-0.2, 0) is 9.53 Å². The molecule has 0 unspecified atom stereocenters. The van der Waals surface area contributed by atoms with Crippen molar-refractivity contribution in [2.24, 2.45) is 4.99 Å². The highest BCUT2D eigenvalue weighted by molar-refractivity contribution is 9.10. The van der Waals surface area contributed by atoms with Crippen LogP contribution < -0.4 is 9.47 Å². The Balaban J connectivity index is 1.95. The normalized spacial score (nSPS) is 14.2. The van der Waals surface area contributed by atoms with Crippen LogP contribution in [0, 0.1) is 10.1 Å². The van der Waals surface area contributed by atoms with Crippen LogP contribution in [0.15, 0.2) is 57.6 Å². The largest absolute Gasteiger partial charge is 0.490 e. The average molecular weight is 522 g/mol. The molecule has 1 heterocycles. The van der Waals surface area contributed by atoms with Crippen molar-refractivity contribution in [3.63, 3.8) is 0 Å². The van der Waals surface area contributed by atoms with Gasteiger partial charge in [-0.3, -0.25) is 10.1 Å². The molecule has 0 N–H and O–H groups in total. The number of halogens is 2. The molecular formula is C22H18BrClN2O6. The van der Waals surface area contributed by atoms with Crippen LogP contribution in [0.25, 0.3) is 6.08 Å². The summed E-state index contributed by atoms with van der Waals surface area (Å²) in [6.07, 6.45) is 1.53. The molecule has 3 rings (SSSR count). The van der Waals surface area contributed by atoms with E-state index in [2.05, 4.69) is 27.5 Å².